The van der Waals surface area contributed by atoms with Crippen molar-refractivity contribution in [1.29, 1.82) is 0 Å². The van der Waals surface area contributed by atoms with Crippen molar-refractivity contribution in [2.45, 2.75) is 103 Å². The number of aryl methyl sites for hydroxylation is 1. The molecule has 2 aliphatic carbocycles. The van der Waals surface area contributed by atoms with E-state index in [4.69, 9.17) is 24.2 Å². The van der Waals surface area contributed by atoms with Crippen molar-refractivity contribution in [3.8, 4) is 11.6 Å². The van der Waals surface area contributed by atoms with Gasteiger partial charge in [-0.25, -0.2) is 14.8 Å². The highest BCUT2D eigenvalue weighted by Gasteiger charge is 2.55. The minimum atomic E-state index is -0.922. The van der Waals surface area contributed by atoms with Gasteiger partial charge in [-0.2, -0.15) is 0 Å². The van der Waals surface area contributed by atoms with Crippen LogP contribution in [0.25, 0.3) is 11.0 Å². The van der Waals surface area contributed by atoms with E-state index in [0.717, 1.165) is 48.9 Å². The maximum absolute atomic E-state index is 14.7. The number of rotatable bonds is 3. The number of carbonyl (C=O) groups is 3. The Bertz CT molecular complexity index is 1720. The topological polar surface area (TPSA) is 120 Å². The molecule has 1 N–H and O–H groups in total. The van der Waals surface area contributed by atoms with Gasteiger partial charge >= 0.3 is 6.09 Å². The second-order valence-corrected chi connectivity index (χ2v) is 15.5. The minimum absolute atomic E-state index is 0.136. The summed E-state index contributed by atoms with van der Waals surface area (Å²) in [4.78, 5) is 53.4. The maximum atomic E-state index is 14.7. The largest absolute Gasteiger partial charge is 0.497 e. The molecule has 1 aromatic heterocycles. The average Bonchev–Trinajstić information content (AvgIpc) is 3.60. The second kappa shape index (κ2) is 13.2. The number of methoxy groups -OCH3 is 1. The fraction of sp³-hybridized carbons (Fsp3) is 0.564. The van der Waals surface area contributed by atoms with E-state index < -0.39 is 35.6 Å². The number of ether oxygens (including phenoxy) is 3. The molecule has 2 bridgehead atoms. The van der Waals surface area contributed by atoms with Gasteiger partial charge in [-0.3, -0.25) is 9.59 Å². The third kappa shape index (κ3) is 6.71. The van der Waals surface area contributed by atoms with Gasteiger partial charge in [-0.15, -0.1) is 0 Å². The summed E-state index contributed by atoms with van der Waals surface area (Å²) < 4.78 is 18.4. The van der Waals surface area contributed by atoms with Crippen LogP contribution in [0.4, 0.5) is 4.79 Å². The first-order valence-corrected chi connectivity index (χ1v) is 17.9. The highest BCUT2D eigenvalue weighted by atomic mass is 16.6. The number of ketones is 1. The first-order chi connectivity index (χ1) is 23.5. The van der Waals surface area contributed by atoms with Crippen LogP contribution in [0.15, 0.2) is 48.5 Å². The molecule has 8 atom stereocenters. The zero-order valence-corrected chi connectivity index (χ0v) is 29.2. The number of benzene rings is 2. The molecular weight excluding hydrogens is 620 g/mol. The predicted octanol–water partition coefficient (Wildman–Crippen LogP) is 6.25. The molecule has 3 aromatic rings. The van der Waals surface area contributed by atoms with E-state index in [1.54, 1.807) is 12.0 Å². The number of carbonyl (C=O) groups excluding carboxylic acids is 3. The smallest absolute Gasteiger partial charge is 0.408 e. The molecule has 3 heterocycles. The maximum Gasteiger partial charge on any atom is 0.408 e. The third-order valence-electron chi connectivity index (χ3n) is 11.1. The van der Waals surface area contributed by atoms with E-state index in [0.29, 0.717) is 41.3 Å². The number of Topliss-reactive ketones (excluding diaryl/α,β-unsaturated/α-hetero) is 1. The van der Waals surface area contributed by atoms with Crippen molar-refractivity contribution in [1.82, 2.24) is 20.2 Å². The Kier molecular flexibility index (Phi) is 9.00. The molecule has 2 amide bonds. The normalized spacial score (nSPS) is 30.5. The minimum Gasteiger partial charge on any atom is -0.497 e. The molecule has 3 unspecified atom stereocenters. The summed E-state index contributed by atoms with van der Waals surface area (Å²) in [6.45, 7) is 7.41. The molecule has 2 saturated carbocycles. The molecule has 10 nitrogen and oxygen atoms in total. The number of aromatic nitrogens is 2. The third-order valence-corrected chi connectivity index (χ3v) is 11.1. The van der Waals surface area contributed by atoms with Crippen LogP contribution < -0.4 is 14.8 Å². The number of nitrogens with zero attached hydrogens (tertiary/aromatic N) is 3. The van der Waals surface area contributed by atoms with Crippen molar-refractivity contribution in [2.24, 2.45) is 23.2 Å². The Morgan fingerprint density at radius 2 is 1.73 bits per heavy atom. The van der Waals surface area contributed by atoms with Gasteiger partial charge in [0.1, 0.15) is 35.7 Å². The molecular formula is C39H48N4O6. The quantitative estimate of drug-likeness (QED) is 0.348. The highest BCUT2D eigenvalue weighted by Crippen LogP contribution is 2.57. The zero-order chi connectivity index (χ0) is 34.4. The molecule has 0 spiro atoms. The Hall–Kier alpha value is -4.21. The lowest BCUT2D eigenvalue weighted by Gasteiger charge is -2.36. The molecule has 260 valence electrons. The summed E-state index contributed by atoms with van der Waals surface area (Å²) in [6, 6.07) is 13.6. The Labute approximate surface area is 288 Å². The average molecular weight is 669 g/mol. The lowest BCUT2D eigenvalue weighted by atomic mass is 9.84. The van der Waals surface area contributed by atoms with E-state index >= 15 is 0 Å². The van der Waals surface area contributed by atoms with Gasteiger partial charge in [-0.1, -0.05) is 63.9 Å². The molecule has 7 rings (SSSR count). The van der Waals surface area contributed by atoms with E-state index in [9.17, 15) is 14.4 Å². The van der Waals surface area contributed by atoms with Gasteiger partial charge in [0.15, 0.2) is 5.78 Å². The molecule has 2 aromatic carbocycles. The van der Waals surface area contributed by atoms with Gasteiger partial charge in [0.05, 0.1) is 30.6 Å². The van der Waals surface area contributed by atoms with Gasteiger partial charge in [-0.05, 0) is 79.9 Å². The standard InChI is InChI=1S/C39H48N4O6/c1-22(44)34-33(23-12-8-6-9-13-23)32-21-43(34)37(45)35(39(2,3)4)42-38(46)49-31-19-24-18-27(24)26(31)14-10-7-11-15-29-36(48-32)41-30-20-25(47-5)16-17-28(30)40-29/h6,8-9,12-13,16-17,20,24,26-27,31-35H,7,10-11,14-15,18-19,21H2,1-5H3,(H,42,46)/t24?,26?,27?,31-,32+,33-,34-,35-/m1/s1. The van der Waals surface area contributed by atoms with Crippen LogP contribution in [-0.4, -0.2) is 70.6 Å². The summed E-state index contributed by atoms with van der Waals surface area (Å²) >= 11 is 0. The SMILES string of the molecule is COc1ccc2nc3c(nc2c1)O[C@H]1CN(C(=O)[C@H](C(C)(C)C)NC(=O)O[C@@H]2CC4CC4C2CCCCC3)[C@H](C(C)=O)[C@@H]1c1ccccc1. The molecule has 3 fully saturated rings. The van der Waals surface area contributed by atoms with E-state index in [2.05, 4.69) is 5.32 Å². The molecule has 49 heavy (non-hydrogen) atoms. The number of hydrogen-bond donors (Lipinski definition) is 1. The Morgan fingerprint density at radius 1 is 0.939 bits per heavy atom. The van der Waals surface area contributed by atoms with Crippen LogP contribution in [0, 0.1) is 23.2 Å². The Balaban J connectivity index is 1.31. The van der Waals surface area contributed by atoms with Crippen molar-refractivity contribution < 1.29 is 28.6 Å². The van der Waals surface area contributed by atoms with Crippen molar-refractivity contribution in [2.75, 3.05) is 13.7 Å². The van der Waals surface area contributed by atoms with Crippen LogP contribution in [0.5, 0.6) is 11.6 Å². The Morgan fingerprint density at radius 3 is 2.47 bits per heavy atom. The summed E-state index contributed by atoms with van der Waals surface area (Å²) in [5, 5.41) is 2.96. The fourth-order valence-corrected chi connectivity index (χ4v) is 8.59. The van der Waals surface area contributed by atoms with Crippen LogP contribution >= 0.6 is 0 Å². The number of amides is 2. The molecule has 0 radical (unpaired) electrons. The first kappa shape index (κ1) is 33.3. The summed E-state index contributed by atoms with van der Waals surface area (Å²) in [6.07, 6.45) is 5.39. The zero-order valence-electron chi connectivity index (χ0n) is 29.2. The number of fused-ring (bicyclic) bond motifs is 7. The van der Waals surface area contributed by atoms with Crippen LogP contribution in [0.2, 0.25) is 0 Å². The van der Waals surface area contributed by atoms with Gasteiger partial charge in [0.2, 0.25) is 11.8 Å². The van der Waals surface area contributed by atoms with Crippen LogP contribution in [-0.2, 0) is 20.7 Å². The van der Waals surface area contributed by atoms with Gasteiger partial charge in [0.25, 0.3) is 0 Å². The predicted molar refractivity (Wildman–Crippen MR) is 184 cm³/mol. The van der Waals surface area contributed by atoms with Crippen LogP contribution in [0.3, 0.4) is 0 Å². The molecule has 4 aliphatic rings. The van der Waals surface area contributed by atoms with E-state index in [-0.39, 0.29) is 24.3 Å². The van der Waals surface area contributed by atoms with Crippen molar-refractivity contribution >= 4 is 28.8 Å². The lowest BCUT2D eigenvalue weighted by molar-refractivity contribution is -0.141. The van der Waals surface area contributed by atoms with E-state index in [1.165, 1.54) is 13.3 Å². The molecule has 2 aliphatic heterocycles. The second-order valence-electron chi connectivity index (χ2n) is 15.5. The number of hydrogen-bond acceptors (Lipinski definition) is 8. The summed E-state index contributed by atoms with van der Waals surface area (Å²) in [5.74, 6) is 1.68. The van der Waals surface area contributed by atoms with Gasteiger partial charge in [0, 0.05) is 6.07 Å². The van der Waals surface area contributed by atoms with E-state index in [1.807, 2.05) is 69.3 Å². The highest BCUT2D eigenvalue weighted by molar-refractivity contribution is 5.93. The molecule has 10 heteroatoms. The first-order valence-electron chi connectivity index (χ1n) is 17.9. The number of nitrogens with one attached hydrogen (secondary N) is 1. The summed E-state index contributed by atoms with van der Waals surface area (Å²) in [7, 11) is 1.62. The lowest BCUT2D eigenvalue weighted by Crippen LogP contribution is -2.57. The van der Waals surface area contributed by atoms with Crippen molar-refractivity contribution in [3.63, 3.8) is 0 Å². The molecule has 1 saturated heterocycles. The number of alkyl carbamates (subject to hydrolysis) is 1. The monoisotopic (exact) mass is 668 g/mol. The fourth-order valence-electron chi connectivity index (χ4n) is 8.59. The van der Waals surface area contributed by atoms with Gasteiger partial charge < -0.3 is 24.4 Å². The van der Waals surface area contributed by atoms with Crippen molar-refractivity contribution in [3.05, 3.63) is 59.8 Å². The van der Waals surface area contributed by atoms with Crippen LogP contribution in [0.1, 0.15) is 83.4 Å². The summed E-state index contributed by atoms with van der Waals surface area (Å²) in [5.41, 5.74) is 2.39.